The molecule has 1 heterocycles. The number of furan rings is 1. The molecule has 1 atom stereocenters. The number of likely N-dealkylation sites (N-methyl/N-ethyl adjacent to an activating group) is 1. The first-order chi connectivity index (χ1) is 9.02. The lowest BCUT2D eigenvalue weighted by Crippen LogP contribution is -2.23. The van der Waals surface area contributed by atoms with Crippen molar-refractivity contribution in [3.05, 3.63) is 35.3 Å². The zero-order valence-electron chi connectivity index (χ0n) is 11.8. The highest BCUT2D eigenvalue weighted by atomic mass is 19.1. The Bertz CT molecular complexity index is 563. The molecule has 1 aromatic heterocycles. The van der Waals surface area contributed by atoms with Crippen LogP contribution in [0.3, 0.4) is 0 Å². The van der Waals surface area contributed by atoms with Crippen LogP contribution >= 0.6 is 0 Å². The fourth-order valence-corrected chi connectivity index (χ4v) is 2.12. The highest BCUT2D eigenvalue weighted by Gasteiger charge is 2.20. The molecule has 1 N–H and O–H groups in total. The van der Waals surface area contributed by atoms with Crippen molar-refractivity contribution in [3.8, 4) is 0 Å². The van der Waals surface area contributed by atoms with E-state index in [9.17, 15) is 4.39 Å². The van der Waals surface area contributed by atoms with Crippen molar-refractivity contribution >= 4 is 11.0 Å². The number of nitrogens with one attached hydrogen (secondary N) is 1. The van der Waals surface area contributed by atoms with Crippen LogP contribution in [-0.4, -0.2) is 19.8 Å². The predicted octanol–water partition coefficient (Wildman–Crippen LogP) is 3.57. The predicted molar refractivity (Wildman–Crippen MR) is 73.8 cm³/mol. The Morgan fingerprint density at radius 1 is 1.37 bits per heavy atom. The van der Waals surface area contributed by atoms with Gasteiger partial charge in [0.2, 0.25) is 0 Å². The summed E-state index contributed by atoms with van der Waals surface area (Å²) >= 11 is 0. The van der Waals surface area contributed by atoms with Crippen molar-refractivity contribution in [2.75, 3.05) is 13.7 Å². The van der Waals surface area contributed by atoms with Crippen LogP contribution in [0.1, 0.15) is 31.2 Å². The van der Waals surface area contributed by atoms with Crippen molar-refractivity contribution in [2.24, 2.45) is 0 Å². The summed E-state index contributed by atoms with van der Waals surface area (Å²) in [5.41, 5.74) is 1.67. The monoisotopic (exact) mass is 265 g/mol. The molecule has 2 aromatic rings. The fourth-order valence-electron chi connectivity index (χ4n) is 2.12. The molecule has 0 aliphatic rings. The molecule has 3 nitrogen and oxygen atoms in total. The minimum absolute atomic E-state index is 0.0298. The number of rotatable bonds is 5. The van der Waals surface area contributed by atoms with Crippen LogP contribution in [-0.2, 0) is 4.74 Å². The number of fused-ring (bicyclic) bond motifs is 1. The van der Waals surface area contributed by atoms with Crippen molar-refractivity contribution < 1.29 is 13.5 Å². The van der Waals surface area contributed by atoms with Crippen molar-refractivity contribution in [1.82, 2.24) is 5.32 Å². The lowest BCUT2D eigenvalue weighted by molar-refractivity contribution is 0.0586. The summed E-state index contributed by atoms with van der Waals surface area (Å²) in [4.78, 5) is 0. The molecule has 2 rings (SSSR count). The zero-order valence-corrected chi connectivity index (χ0v) is 11.8. The average Bonchev–Trinajstić information content (AvgIpc) is 2.68. The van der Waals surface area contributed by atoms with Gasteiger partial charge in [0.1, 0.15) is 17.2 Å². The molecule has 0 fully saturated rings. The minimum Gasteiger partial charge on any atom is -0.459 e. The van der Waals surface area contributed by atoms with E-state index in [0.29, 0.717) is 12.2 Å². The molecule has 4 heteroatoms. The van der Waals surface area contributed by atoms with Gasteiger partial charge in [0, 0.05) is 10.9 Å². The second-order valence-corrected chi connectivity index (χ2v) is 4.96. The molecule has 0 spiro atoms. The molecule has 1 unspecified atom stereocenters. The quantitative estimate of drug-likeness (QED) is 0.897. The first-order valence-electron chi connectivity index (χ1n) is 6.50. The normalized spacial score (nSPS) is 13.4. The highest BCUT2D eigenvalue weighted by Crippen LogP contribution is 2.30. The number of aryl methyl sites for hydroxylation is 1. The second kappa shape index (κ2) is 5.72. The van der Waals surface area contributed by atoms with E-state index in [2.05, 4.69) is 5.32 Å². The summed E-state index contributed by atoms with van der Waals surface area (Å²) < 4.78 is 24.7. The van der Waals surface area contributed by atoms with Crippen molar-refractivity contribution in [1.29, 1.82) is 0 Å². The Kier molecular flexibility index (Phi) is 4.22. The van der Waals surface area contributed by atoms with E-state index < -0.39 is 0 Å². The van der Waals surface area contributed by atoms with Crippen LogP contribution in [0.2, 0.25) is 0 Å². The summed E-state index contributed by atoms with van der Waals surface area (Å²) in [6, 6.07) is 4.55. The van der Waals surface area contributed by atoms with Gasteiger partial charge in [0.25, 0.3) is 0 Å². The Balaban J connectivity index is 2.34. The maximum atomic E-state index is 13.3. The van der Waals surface area contributed by atoms with Crippen LogP contribution in [0, 0.1) is 12.7 Å². The van der Waals surface area contributed by atoms with Gasteiger partial charge in [-0.1, -0.05) is 0 Å². The molecule has 0 aliphatic carbocycles. The van der Waals surface area contributed by atoms with Crippen molar-refractivity contribution in [3.63, 3.8) is 0 Å². The maximum absolute atomic E-state index is 13.3. The Labute approximate surface area is 112 Å². The van der Waals surface area contributed by atoms with Crippen LogP contribution in [0.4, 0.5) is 4.39 Å². The molecule has 0 radical (unpaired) electrons. The summed E-state index contributed by atoms with van der Waals surface area (Å²) in [5.74, 6) is 0.561. The van der Waals surface area contributed by atoms with Gasteiger partial charge < -0.3 is 14.5 Å². The first kappa shape index (κ1) is 14.0. The molecule has 0 amide bonds. The number of hydrogen-bond acceptors (Lipinski definition) is 3. The van der Waals surface area contributed by atoms with E-state index in [1.54, 1.807) is 6.07 Å². The third-order valence-electron chi connectivity index (χ3n) is 3.20. The Morgan fingerprint density at radius 3 is 2.74 bits per heavy atom. The van der Waals surface area contributed by atoms with Crippen LogP contribution in [0.5, 0.6) is 0 Å². The van der Waals surface area contributed by atoms with Gasteiger partial charge in [-0.25, -0.2) is 4.39 Å². The van der Waals surface area contributed by atoms with Gasteiger partial charge in [-0.2, -0.15) is 0 Å². The topological polar surface area (TPSA) is 34.4 Å². The molecule has 104 valence electrons. The highest BCUT2D eigenvalue weighted by molar-refractivity contribution is 5.82. The number of benzene rings is 1. The molecule has 0 saturated carbocycles. The Hall–Kier alpha value is -1.39. The van der Waals surface area contributed by atoms with Crippen LogP contribution in [0.15, 0.2) is 22.6 Å². The van der Waals surface area contributed by atoms with E-state index in [0.717, 1.165) is 16.7 Å². The van der Waals surface area contributed by atoms with Crippen molar-refractivity contribution in [2.45, 2.75) is 32.9 Å². The third-order valence-corrected chi connectivity index (χ3v) is 3.20. The van der Waals surface area contributed by atoms with E-state index in [1.807, 2.05) is 27.8 Å². The van der Waals surface area contributed by atoms with Gasteiger partial charge in [0.05, 0.1) is 18.8 Å². The summed E-state index contributed by atoms with van der Waals surface area (Å²) in [7, 11) is 1.86. The fraction of sp³-hybridized carbons (Fsp3) is 0.467. The van der Waals surface area contributed by atoms with E-state index >= 15 is 0 Å². The molecule has 1 aromatic carbocycles. The molecular weight excluding hydrogens is 245 g/mol. The SMILES string of the molecule is CNC(COC(C)C)c1oc2ccc(F)cc2c1C. The molecule has 0 saturated heterocycles. The summed E-state index contributed by atoms with van der Waals surface area (Å²) in [6.45, 7) is 6.46. The summed E-state index contributed by atoms with van der Waals surface area (Å²) in [6.07, 6.45) is 0.165. The standard InChI is InChI=1S/C15H20FNO2/c1-9(2)18-8-13(17-4)15-10(3)12-7-11(16)5-6-14(12)19-15/h5-7,9,13,17H,8H2,1-4H3. The second-order valence-electron chi connectivity index (χ2n) is 4.96. The molecular formula is C15H20FNO2. The average molecular weight is 265 g/mol. The van der Waals surface area contributed by atoms with Gasteiger partial charge in [0.15, 0.2) is 0 Å². The number of ether oxygens (including phenoxy) is 1. The van der Waals surface area contributed by atoms with Crippen LogP contribution < -0.4 is 5.32 Å². The van der Waals surface area contributed by atoms with E-state index in [4.69, 9.17) is 9.15 Å². The lowest BCUT2D eigenvalue weighted by Gasteiger charge is -2.16. The number of halogens is 1. The molecule has 0 aliphatic heterocycles. The van der Waals surface area contributed by atoms with Gasteiger partial charge in [-0.15, -0.1) is 0 Å². The minimum atomic E-state index is -0.248. The van der Waals surface area contributed by atoms with E-state index in [-0.39, 0.29) is 18.0 Å². The van der Waals surface area contributed by atoms with Gasteiger partial charge in [-0.3, -0.25) is 0 Å². The molecule has 0 bridgehead atoms. The third kappa shape index (κ3) is 2.96. The maximum Gasteiger partial charge on any atom is 0.134 e. The molecule has 19 heavy (non-hydrogen) atoms. The largest absolute Gasteiger partial charge is 0.459 e. The smallest absolute Gasteiger partial charge is 0.134 e. The van der Waals surface area contributed by atoms with Gasteiger partial charge >= 0.3 is 0 Å². The zero-order chi connectivity index (χ0) is 14.0. The lowest BCUT2D eigenvalue weighted by atomic mass is 10.1. The van der Waals surface area contributed by atoms with Gasteiger partial charge in [-0.05, 0) is 46.0 Å². The number of hydrogen-bond donors (Lipinski definition) is 1. The summed E-state index contributed by atoms with van der Waals surface area (Å²) in [5, 5.41) is 4.00. The first-order valence-corrected chi connectivity index (χ1v) is 6.50. The Morgan fingerprint density at radius 2 is 2.11 bits per heavy atom. The van der Waals surface area contributed by atoms with Crippen LogP contribution in [0.25, 0.3) is 11.0 Å². The van der Waals surface area contributed by atoms with E-state index in [1.165, 1.54) is 12.1 Å².